The number of carbonyl (C=O) groups is 2. The first kappa shape index (κ1) is 20.5. The van der Waals surface area contributed by atoms with E-state index in [-0.39, 0.29) is 13.2 Å². The highest BCUT2D eigenvalue weighted by atomic mass is 16.6. The van der Waals surface area contributed by atoms with Crippen LogP contribution in [0.5, 0.6) is 11.5 Å². The van der Waals surface area contributed by atoms with Gasteiger partial charge in [-0.05, 0) is 26.8 Å². The Morgan fingerprint density at radius 1 is 0.724 bits per heavy atom. The van der Waals surface area contributed by atoms with Gasteiger partial charge in [0.15, 0.2) is 13.2 Å². The molecule has 3 rings (SSSR count). The average molecular weight is 396 g/mol. The molecule has 0 fully saturated rings. The molecule has 6 heteroatoms. The molecule has 29 heavy (non-hydrogen) atoms. The lowest BCUT2D eigenvalue weighted by molar-refractivity contribution is -0.146. The van der Waals surface area contributed by atoms with Crippen LogP contribution in [0.25, 0.3) is 21.5 Å². The van der Waals surface area contributed by atoms with Crippen molar-refractivity contribution in [2.24, 2.45) is 0 Å². The molecule has 0 heterocycles. The predicted octanol–water partition coefficient (Wildman–Crippen LogP) is 4.19. The van der Waals surface area contributed by atoms with Crippen LogP contribution in [0, 0.1) is 6.92 Å². The standard InChI is InChI=1S/C23H24O6/c1-4-26-20(24)13-28-22-16-8-6-7-9-17(16)23(29-14-21(25)27-5-2)19-12-15(3)10-11-18(19)22/h6-12H,4-5,13-14H2,1-3H3. The lowest BCUT2D eigenvalue weighted by Crippen LogP contribution is -2.16. The molecular formula is C23H24O6. The molecule has 0 atom stereocenters. The quantitative estimate of drug-likeness (QED) is 0.420. The van der Waals surface area contributed by atoms with Crippen molar-refractivity contribution in [1.29, 1.82) is 0 Å². The van der Waals surface area contributed by atoms with E-state index in [1.165, 1.54) is 0 Å². The second-order valence-electron chi connectivity index (χ2n) is 6.44. The zero-order chi connectivity index (χ0) is 20.8. The Bertz CT molecular complexity index is 1040. The molecule has 0 aliphatic carbocycles. The van der Waals surface area contributed by atoms with E-state index in [9.17, 15) is 9.59 Å². The van der Waals surface area contributed by atoms with Crippen molar-refractivity contribution >= 4 is 33.5 Å². The number of hydrogen-bond donors (Lipinski definition) is 0. The number of aryl methyl sites for hydroxylation is 1. The third-order valence-corrected chi connectivity index (χ3v) is 4.36. The molecule has 0 saturated heterocycles. The van der Waals surface area contributed by atoms with Crippen LogP contribution in [0.2, 0.25) is 0 Å². The van der Waals surface area contributed by atoms with E-state index in [1.54, 1.807) is 13.8 Å². The van der Waals surface area contributed by atoms with Gasteiger partial charge in [0.1, 0.15) is 11.5 Å². The Balaban J connectivity index is 2.12. The minimum atomic E-state index is -0.431. The largest absolute Gasteiger partial charge is 0.481 e. The number of hydrogen-bond acceptors (Lipinski definition) is 6. The fourth-order valence-electron chi connectivity index (χ4n) is 3.19. The summed E-state index contributed by atoms with van der Waals surface area (Å²) in [5, 5.41) is 3.16. The number of benzene rings is 3. The van der Waals surface area contributed by atoms with Crippen LogP contribution in [0.4, 0.5) is 0 Å². The molecule has 0 saturated carbocycles. The van der Waals surface area contributed by atoms with Crippen LogP contribution >= 0.6 is 0 Å². The number of fused-ring (bicyclic) bond motifs is 2. The summed E-state index contributed by atoms with van der Waals surface area (Å²) >= 11 is 0. The Kier molecular flexibility index (Phi) is 6.54. The highest BCUT2D eigenvalue weighted by Gasteiger charge is 2.18. The van der Waals surface area contributed by atoms with E-state index >= 15 is 0 Å². The molecule has 0 N–H and O–H groups in total. The zero-order valence-electron chi connectivity index (χ0n) is 16.8. The van der Waals surface area contributed by atoms with Crippen LogP contribution in [0.15, 0.2) is 42.5 Å². The van der Waals surface area contributed by atoms with Crippen molar-refractivity contribution in [3.05, 3.63) is 48.0 Å². The second-order valence-corrected chi connectivity index (χ2v) is 6.44. The first-order valence-electron chi connectivity index (χ1n) is 9.57. The summed E-state index contributed by atoms with van der Waals surface area (Å²) in [6, 6.07) is 13.4. The van der Waals surface area contributed by atoms with Gasteiger partial charge in [-0.3, -0.25) is 0 Å². The van der Waals surface area contributed by atoms with Gasteiger partial charge in [0.25, 0.3) is 0 Å². The third-order valence-electron chi connectivity index (χ3n) is 4.36. The van der Waals surface area contributed by atoms with Crippen molar-refractivity contribution < 1.29 is 28.5 Å². The smallest absolute Gasteiger partial charge is 0.344 e. The first-order chi connectivity index (χ1) is 14.0. The molecular weight excluding hydrogens is 372 g/mol. The highest BCUT2D eigenvalue weighted by Crippen LogP contribution is 2.43. The third kappa shape index (κ3) is 4.59. The minimum absolute atomic E-state index is 0.191. The van der Waals surface area contributed by atoms with Crippen molar-refractivity contribution in [3.63, 3.8) is 0 Å². The summed E-state index contributed by atoms with van der Waals surface area (Å²) < 4.78 is 21.7. The van der Waals surface area contributed by atoms with E-state index < -0.39 is 11.9 Å². The molecule has 3 aromatic carbocycles. The van der Waals surface area contributed by atoms with Crippen molar-refractivity contribution in [3.8, 4) is 11.5 Å². The highest BCUT2D eigenvalue weighted by molar-refractivity contribution is 6.11. The summed E-state index contributed by atoms with van der Waals surface area (Å²) in [7, 11) is 0. The Hall–Kier alpha value is -3.28. The van der Waals surface area contributed by atoms with Crippen molar-refractivity contribution in [2.75, 3.05) is 26.4 Å². The van der Waals surface area contributed by atoms with Gasteiger partial charge in [0, 0.05) is 21.5 Å². The molecule has 6 nitrogen and oxygen atoms in total. The number of rotatable bonds is 8. The fraction of sp³-hybridized carbons (Fsp3) is 0.304. The maximum absolute atomic E-state index is 11.8. The zero-order valence-corrected chi connectivity index (χ0v) is 16.8. The molecule has 3 aromatic rings. The van der Waals surface area contributed by atoms with Gasteiger partial charge in [0.2, 0.25) is 0 Å². The normalized spacial score (nSPS) is 10.7. The molecule has 0 aliphatic rings. The Morgan fingerprint density at radius 2 is 1.21 bits per heavy atom. The number of esters is 2. The van der Waals surface area contributed by atoms with Gasteiger partial charge >= 0.3 is 11.9 Å². The topological polar surface area (TPSA) is 71.1 Å². The van der Waals surface area contributed by atoms with Gasteiger partial charge in [-0.1, -0.05) is 42.0 Å². The SMILES string of the molecule is CCOC(=O)COc1c2ccccc2c(OCC(=O)OCC)c2cc(C)ccc12. The van der Waals surface area contributed by atoms with E-state index in [0.717, 1.165) is 27.1 Å². The van der Waals surface area contributed by atoms with Gasteiger partial charge in [0.05, 0.1) is 13.2 Å². The van der Waals surface area contributed by atoms with Crippen LogP contribution in [0.3, 0.4) is 0 Å². The van der Waals surface area contributed by atoms with Crippen LogP contribution in [-0.4, -0.2) is 38.4 Å². The van der Waals surface area contributed by atoms with Crippen molar-refractivity contribution in [2.45, 2.75) is 20.8 Å². The maximum atomic E-state index is 11.8. The van der Waals surface area contributed by atoms with Crippen molar-refractivity contribution in [1.82, 2.24) is 0 Å². The Labute approximate surface area is 169 Å². The van der Waals surface area contributed by atoms with Crippen LogP contribution in [-0.2, 0) is 19.1 Å². The molecule has 0 radical (unpaired) electrons. The lowest BCUT2D eigenvalue weighted by atomic mass is 9.99. The number of ether oxygens (including phenoxy) is 4. The Morgan fingerprint density at radius 3 is 1.72 bits per heavy atom. The molecule has 0 bridgehead atoms. The van der Waals surface area contributed by atoms with E-state index in [2.05, 4.69) is 0 Å². The maximum Gasteiger partial charge on any atom is 0.344 e. The summed E-state index contributed by atoms with van der Waals surface area (Å²) in [5.41, 5.74) is 1.03. The average Bonchev–Trinajstić information content (AvgIpc) is 2.71. The molecule has 0 aromatic heterocycles. The van der Waals surface area contributed by atoms with Gasteiger partial charge in [-0.25, -0.2) is 9.59 Å². The van der Waals surface area contributed by atoms with E-state index in [0.29, 0.717) is 24.7 Å². The summed E-state index contributed by atoms with van der Waals surface area (Å²) in [4.78, 5) is 23.7. The second kappa shape index (κ2) is 9.28. The van der Waals surface area contributed by atoms with Crippen LogP contribution < -0.4 is 9.47 Å². The summed E-state index contributed by atoms with van der Waals surface area (Å²) in [6.07, 6.45) is 0. The predicted molar refractivity (Wildman–Crippen MR) is 110 cm³/mol. The van der Waals surface area contributed by atoms with Gasteiger partial charge in [-0.15, -0.1) is 0 Å². The van der Waals surface area contributed by atoms with Gasteiger partial charge < -0.3 is 18.9 Å². The fourth-order valence-corrected chi connectivity index (χ4v) is 3.19. The molecule has 0 amide bonds. The van der Waals surface area contributed by atoms with Crippen LogP contribution in [0.1, 0.15) is 19.4 Å². The first-order valence-corrected chi connectivity index (χ1v) is 9.57. The van der Waals surface area contributed by atoms with E-state index in [4.69, 9.17) is 18.9 Å². The number of carbonyl (C=O) groups excluding carboxylic acids is 2. The molecule has 152 valence electrons. The van der Waals surface area contributed by atoms with Gasteiger partial charge in [-0.2, -0.15) is 0 Å². The molecule has 0 unspecified atom stereocenters. The summed E-state index contributed by atoms with van der Waals surface area (Å²) in [6.45, 7) is 5.69. The monoisotopic (exact) mass is 396 g/mol. The minimum Gasteiger partial charge on any atom is -0.481 e. The molecule has 0 aliphatic heterocycles. The summed E-state index contributed by atoms with van der Waals surface area (Å²) in [5.74, 6) is 0.294. The van der Waals surface area contributed by atoms with E-state index in [1.807, 2.05) is 49.4 Å². The molecule has 0 spiro atoms. The lowest BCUT2D eigenvalue weighted by Gasteiger charge is -2.17.